The van der Waals surface area contributed by atoms with E-state index in [4.69, 9.17) is 0 Å². The zero-order chi connectivity index (χ0) is 30.5. The third kappa shape index (κ3) is 4.32. The number of rotatable bonds is 5. The number of thiophene rings is 1. The molecule has 1 aliphatic rings. The van der Waals surface area contributed by atoms with Crippen LogP contribution in [0.1, 0.15) is 17.5 Å². The van der Waals surface area contributed by atoms with Crippen molar-refractivity contribution in [3.8, 4) is 48.8 Å². The van der Waals surface area contributed by atoms with Crippen LogP contribution in [0.4, 0.5) is 0 Å². The Kier molecular flexibility index (Phi) is 6.44. The molecule has 2 heterocycles. The molecule has 0 saturated carbocycles. The summed E-state index contributed by atoms with van der Waals surface area (Å²) in [5.41, 5.74) is 13.6. The fraction of sp³-hybridized carbons (Fsp3) is 0.0455. The summed E-state index contributed by atoms with van der Waals surface area (Å²) in [6.45, 7) is 0. The Hall–Kier alpha value is -5.62. The minimum absolute atomic E-state index is 1.03. The Labute approximate surface area is 273 Å². The van der Waals surface area contributed by atoms with Crippen molar-refractivity contribution in [1.82, 2.24) is 4.57 Å². The number of nitrogens with zero attached hydrogens (tertiary/aromatic N) is 1. The zero-order valence-corrected chi connectivity index (χ0v) is 26.0. The van der Waals surface area contributed by atoms with Gasteiger partial charge in [-0.2, -0.15) is 0 Å². The first-order valence-corrected chi connectivity index (χ1v) is 16.7. The first-order chi connectivity index (χ1) is 22.8. The van der Waals surface area contributed by atoms with Crippen LogP contribution in [0.2, 0.25) is 0 Å². The lowest BCUT2D eigenvalue weighted by atomic mass is 9.90. The number of fused-ring (bicyclic) bond motifs is 4. The smallest absolute Gasteiger partial charge is 0.0553 e. The second-order valence-electron chi connectivity index (χ2n) is 11.8. The van der Waals surface area contributed by atoms with Crippen molar-refractivity contribution in [3.05, 3.63) is 169 Å². The number of benzene rings is 5. The predicted octanol–water partition coefficient (Wildman–Crippen LogP) is 12.1. The van der Waals surface area contributed by atoms with Gasteiger partial charge < -0.3 is 4.57 Å². The molecule has 0 bridgehead atoms. The highest BCUT2D eigenvalue weighted by Crippen LogP contribution is 2.49. The second-order valence-corrected chi connectivity index (χ2v) is 12.8. The highest BCUT2D eigenvalue weighted by atomic mass is 32.1. The summed E-state index contributed by atoms with van der Waals surface area (Å²) in [5, 5.41) is 2.52. The van der Waals surface area contributed by atoms with Crippen molar-refractivity contribution in [3.63, 3.8) is 0 Å². The van der Waals surface area contributed by atoms with Gasteiger partial charge in [0.05, 0.1) is 16.7 Å². The van der Waals surface area contributed by atoms with Gasteiger partial charge in [-0.15, -0.1) is 11.3 Å². The first-order valence-electron chi connectivity index (χ1n) is 15.8. The molecule has 8 aromatic rings. The van der Waals surface area contributed by atoms with Crippen molar-refractivity contribution < 1.29 is 0 Å². The van der Waals surface area contributed by atoms with E-state index in [2.05, 4.69) is 162 Å². The van der Waals surface area contributed by atoms with Crippen molar-refractivity contribution in [2.75, 3.05) is 0 Å². The van der Waals surface area contributed by atoms with Crippen LogP contribution in [0, 0.1) is 12.1 Å². The molecule has 0 fully saturated rings. The van der Waals surface area contributed by atoms with Gasteiger partial charge in [0.15, 0.2) is 0 Å². The number of allylic oxidation sites excluding steroid dienone is 1. The zero-order valence-electron chi connectivity index (χ0n) is 25.2. The van der Waals surface area contributed by atoms with Gasteiger partial charge >= 0.3 is 0 Å². The Bertz CT molecular complexity index is 2350. The van der Waals surface area contributed by atoms with E-state index < -0.39 is 0 Å². The largest absolute Gasteiger partial charge is 0.309 e. The van der Waals surface area contributed by atoms with Crippen LogP contribution in [0.3, 0.4) is 0 Å². The summed E-state index contributed by atoms with van der Waals surface area (Å²) in [5.74, 6) is 0. The van der Waals surface area contributed by atoms with Crippen LogP contribution < -0.4 is 0 Å². The molecule has 0 atom stereocenters. The average molecular weight is 604 g/mol. The molecule has 9 rings (SSSR count). The van der Waals surface area contributed by atoms with E-state index in [0.717, 1.165) is 24.1 Å². The van der Waals surface area contributed by atoms with E-state index in [9.17, 15) is 0 Å². The molecule has 0 unspecified atom stereocenters. The Morgan fingerprint density at radius 2 is 1.33 bits per heavy atom. The maximum atomic E-state index is 3.49. The van der Waals surface area contributed by atoms with Crippen molar-refractivity contribution in [2.24, 2.45) is 0 Å². The van der Waals surface area contributed by atoms with Crippen LogP contribution in [-0.4, -0.2) is 4.57 Å². The Morgan fingerprint density at radius 3 is 2.11 bits per heavy atom. The van der Waals surface area contributed by atoms with Gasteiger partial charge in [0.1, 0.15) is 0 Å². The lowest BCUT2D eigenvalue weighted by molar-refractivity contribution is 0.996. The van der Waals surface area contributed by atoms with Gasteiger partial charge in [0.25, 0.3) is 0 Å². The quantitative estimate of drug-likeness (QED) is 0.184. The van der Waals surface area contributed by atoms with Gasteiger partial charge in [-0.05, 0) is 77.1 Å². The van der Waals surface area contributed by atoms with E-state index >= 15 is 0 Å². The highest BCUT2D eigenvalue weighted by molar-refractivity contribution is 7.19. The Balaban J connectivity index is 1.32. The second kappa shape index (κ2) is 11.1. The normalized spacial score (nSPS) is 12.3. The minimum atomic E-state index is 1.03. The predicted molar refractivity (Wildman–Crippen MR) is 195 cm³/mol. The number of hydrogen-bond acceptors (Lipinski definition) is 1. The summed E-state index contributed by atoms with van der Waals surface area (Å²) in [6.07, 6.45) is 6.76. The van der Waals surface area contributed by atoms with Crippen molar-refractivity contribution in [1.29, 1.82) is 0 Å². The lowest BCUT2D eigenvalue weighted by Gasteiger charge is -2.18. The molecule has 0 saturated heterocycles. The molecule has 0 aliphatic heterocycles. The summed E-state index contributed by atoms with van der Waals surface area (Å²) >= 11 is 1.92. The number of hydrogen-bond donors (Lipinski definition) is 0. The molecule has 46 heavy (non-hydrogen) atoms. The summed E-state index contributed by atoms with van der Waals surface area (Å²) in [4.78, 5) is 2.67. The van der Waals surface area contributed by atoms with Gasteiger partial charge in [0, 0.05) is 37.2 Å². The van der Waals surface area contributed by atoms with Crippen LogP contribution >= 0.6 is 11.3 Å². The molecule has 0 N–H and O–H groups in total. The van der Waals surface area contributed by atoms with E-state index in [1.165, 1.54) is 70.5 Å². The van der Waals surface area contributed by atoms with Crippen molar-refractivity contribution in [2.45, 2.75) is 12.8 Å². The monoisotopic (exact) mass is 603 g/mol. The number of aromatic nitrogens is 1. The average Bonchev–Trinajstić information content (AvgIpc) is 3.69. The lowest BCUT2D eigenvalue weighted by Crippen LogP contribution is -2.00. The number of para-hydroxylation sites is 2. The van der Waals surface area contributed by atoms with Gasteiger partial charge in [-0.3, -0.25) is 0 Å². The van der Waals surface area contributed by atoms with E-state index in [1.54, 1.807) is 0 Å². The molecule has 6 aromatic carbocycles. The fourth-order valence-electron chi connectivity index (χ4n) is 7.11. The molecule has 2 heteroatoms. The van der Waals surface area contributed by atoms with Gasteiger partial charge in [-0.25, -0.2) is 0 Å². The van der Waals surface area contributed by atoms with Crippen LogP contribution in [0.15, 0.2) is 146 Å². The molecule has 216 valence electrons. The fourth-order valence-corrected chi connectivity index (χ4v) is 8.48. The molecular weight excluding hydrogens is 575 g/mol. The third-order valence-corrected chi connectivity index (χ3v) is 10.5. The van der Waals surface area contributed by atoms with Gasteiger partial charge in [0.2, 0.25) is 0 Å². The standard InChI is InChI=1S/C44H29NS/c1-3-15-30(16-4-1)32-19-13-20-33(29-32)43-36-23-7-8-24-37(36)44(46-43)38-25-14-28-41(42(38)31-17-5-2-6-18-31)45-39-26-11-9-21-34(39)35-22-10-12-27-40(35)45/h1-5,7,9-17,19-23,25-29H,8,24H2. The molecular formula is C44H29NS. The van der Waals surface area contributed by atoms with E-state index in [-0.39, 0.29) is 0 Å². The first kappa shape index (κ1) is 26.8. The maximum absolute atomic E-state index is 3.49. The molecule has 1 aliphatic carbocycles. The van der Waals surface area contributed by atoms with E-state index in [0.29, 0.717) is 0 Å². The van der Waals surface area contributed by atoms with Crippen LogP contribution in [-0.2, 0) is 6.42 Å². The van der Waals surface area contributed by atoms with Gasteiger partial charge in [-0.1, -0.05) is 127 Å². The van der Waals surface area contributed by atoms with Crippen molar-refractivity contribution >= 4 is 39.2 Å². The molecule has 0 spiro atoms. The van der Waals surface area contributed by atoms with Crippen LogP contribution in [0.5, 0.6) is 0 Å². The molecule has 2 aromatic heterocycles. The highest BCUT2D eigenvalue weighted by Gasteiger charge is 2.25. The summed E-state index contributed by atoms with van der Waals surface area (Å²) in [6, 6.07) is 56.9. The maximum Gasteiger partial charge on any atom is 0.0553 e. The minimum Gasteiger partial charge on any atom is -0.309 e. The Morgan fingerprint density at radius 1 is 0.609 bits per heavy atom. The summed E-state index contributed by atoms with van der Waals surface area (Å²) < 4.78 is 2.44. The van der Waals surface area contributed by atoms with E-state index in [1.807, 2.05) is 17.4 Å². The summed E-state index contributed by atoms with van der Waals surface area (Å²) in [7, 11) is 0. The third-order valence-electron chi connectivity index (χ3n) is 9.15. The topological polar surface area (TPSA) is 4.93 Å². The molecule has 1 nitrogen and oxygen atoms in total. The molecule has 0 amide bonds. The SMILES string of the molecule is c1cccc(-c2c(-c3sc(-c4cccc(-c5ccccc5)c4)c4c3CCC=C4)cccc2-n2c3ccccc3c3ccccc32)c#1. The molecule has 0 radical (unpaired) electrons. The van der Waals surface area contributed by atoms with Crippen LogP contribution in [0.25, 0.3) is 76.7 Å².